The molecule has 1 aromatic heterocycles. The van der Waals surface area contributed by atoms with Crippen LogP contribution in [0.15, 0.2) is 22.6 Å². The van der Waals surface area contributed by atoms with E-state index < -0.39 is 0 Å². The Morgan fingerprint density at radius 2 is 2.12 bits per heavy atom. The fourth-order valence-corrected chi connectivity index (χ4v) is 1.72. The van der Waals surface area contributed by atoms with Gasteiger partial charge < -0.3 is 9.15 Å². The summed E-state index contributed by atoms with van der Waals surface area (Å²) in [4.78, 5) is 15.1. The molecule has 0 saturated carbocycles. The first kappa shape index (κ1) is 11.4. The fraction of sp³-hybridized carbons (Fsp3) is 0.231. The average Bonchev–Trinajstić information content (AvgIpc) is 2.70. The van der Waals surface area contributed by atoms with Crippen LogP contribution < -0.4 is 4.74 Å². The van der Waals surface area contributed by atoms with Crippen LogP contribution in [0.1, 0.15) is 22.0 Å². The lowest BCUT2D eigenvalue weighted by Gasteiger charge is -2.07. The van der Waals surface area contributed by atoms with Crippen LogP contribution in [-0.2, 0) is 0 Å². The van der Waals surface area contributed by atoms with Crippen molar-refractivity contribution in [3.05, 3.63) is 35.4 Å². The van der Waals surface area contributed by atoms with Gasteiger partial charge in [-0.3, -0.25) is 4.79 Å². The summed E-state index contributed by atoms with van der Waals surface area (Å²) in [6, 6.07) is 5.71. The molecule has 0 unspecified atom stereocenters. The SMILES string of the molecule is COc1ccc(C)cc1-c1nc(C)oc1C=O. The van der Waals surface area contributed by atoms with Gasteiger partial charge in [-0.1, -0.05) is 11.6 Å². The van der Waals surface area contributed by atoms with E-state index in [0.717, 1.165) is 11.1 Å². The molecule has 0 atom stereocenters. The monoisotopic (exact) mass is 231 g/mol. The molecule has 0 N–H and O–H groups in total. The van der Waals surface area contributed by atoms with Crippen molar-refractivity contribution in [2.75, 3.05) is 7.11 Å². The lowest BCUT2D eigenvalue weighted by molar-refractivity contribution is 0.110. The van der Waals surface area contributed by atoms with Crippen LogP contribution in [0.5, 0.6) is 5.75 Å². The standard InChI is InChI=1S/C13H13NO3/c1-8-4-5-11(16-3)10(6-8)13-12(7-15)17-9(2)14-13/h4-7H,1-3H3. The van der Waals surface area contributed by atoms with E-state index in [1.54, 1.807) is 14.0 Å². The first-order valence-electron chi connectivity index (χ1n) is 5.23. The molecule has 2 aromatic rings. The maximum Gasteiger partial charge on any atom is 0.195 e. The molecule has 2 rings (SSSR count). The quantitative estimate of drug-likeness (QED) is 0.762. The molecular weight excluding hydrogens is 218 g/mol. The van der Waals surface area contributed by atoms with E-state index in [2.05, 4.69) is 4.98 Å². The summed E-state index contributed by atoms with van der Waals surface area (Å²) in [5.41, 5.74) is 2.36. The third-order valence-electron chi connectivity index (χ3n) is 2.48. The number of benzene rings is 1. The lowest BCUT2D eigenvalue weighted by Crippen LogP contribution is -1.91. The first-order valence-corrected chi connectivity index (χ1v) is 5.23. The van der Waals surface area contributed by atoms with Gasteiger partial charge in [-0.15, -0.1) is 0 Å². The number of carbonyl (C=O) groups is 1. The minimum atomic E-state index is 0.228. The van der Waals surface area contributed by atoms with Crippen LogP contribution >= 0.6 is 0 Å². The fourth-order valence-electron chi connectivity index (χ4n) is 1.72. The predicted octanol–water partition coefficient (Wildman–Crippen LogP) is 2.78. The van der Waals surface area contributed by atoms with Crippen molar-refractivity contribution < 1.29 is 13.9 Å². The Labute approximate surface area is 99.2 Å². The minimum absolute atomic E-state index is 0.228. The van der Waals surface area contributed by atoms with Crippen molar-refractivity contribution in [1.29, 1.82) is 0 Å². The summed E-state index contributed by atoms with van der Waals surface area (Å²) in [7, 11) is 1.59. The molecule has 0 aliphatic heterocycles. The summed E-state index contributed by atoms with van der Waals surface area (Å²) in [6.45, 7) is 3.68. The molecule has 0 saturated heterocycles. The number of hydrogen-bond donors (Lipinski definition) is 0. The number of oxazole rings is 1. The van der Waals surface area contributed by atoms with Gasteiger partial charge in [0.15, 0.2) is 17.9 Å². The number of aromatic nitrogens is 1. The van der Waals surface area contributed by atoms with Crippen LogP contribution in [0.25, 0.3) is 11.3 Å². The molecule has 88 valence electrons. The summed E-state index contributed by atoms with van der Waals surface area (Å²) < 4.78 is 10.5. The summed E-state index contributed by atoms with van der Waals surface area (Å²) >= 11 is 0. The van der Waals surface area contributed by atoms with Gasteiger partial charge in [0.1, 0.15) is 11.4 Å². The van der Waals surface area contributed by atoms with E-state index in [1.165, 1.54) is 0 Å². The Morgan fingerprint density at radius 3 is 2.76 bits per heavy atom. The molecular formula is C13H13NO3. The van der Waals surface area contributed by atoms with Gasteiger partial charge in [-0.2, -0.15) is 0 Å². The highest BCUT2D eigenvalue weighted by molar-refractivity contribution is 5.84. The molecule has 0 spiro atoms. The van der Waals surface area contributed by atoms with Crippen molar-refractivity contribution in [2.45, 2.75) is 13.8 Å². The highest BCUT2D eigenvalue weighted by atomic mass is 16.5. The number of aryl methyl sites for hydroxylation is 2. The second kappa shape index (κ2) is 4.41. The average molecular weight is 231 g/mol. The second-order valence-electron chi connectivity index (χ2n) is 3.77. The summed E-state index contributed by atoms with van der Waals surface area (Å²) in [5, 5.41) is 0. The molecule has 0 fully saturated rings. The molecule has 4 heteroatoms. The molecule has 17 heavy (non-hydrogen) atoms. The van der Waals surface area contributed by atoms with Crippen LogP contribution in [-0.4, -0.2) is 18.4 Å². The van der Waals surface area contributed by atoms with Gasteiger partial charge in [0.2, 0.25) is 0 Å². The molecule has 0 bridgehead atoms. The number of rotatable bonds is 3. The van der Waals surface area contributed by atoms with Crippen LogP contribution in [0.3, 0.4) is 0 Å². The lowest BCUT2D eigenvalue weighted by atomic mass is 10.1. The van der Waals surface area contributed by atoms with Crippen LogP contribution in [0, 0.1) is 13.8 Å². The van der Waals surface area contributed by atoms with Crippen molar-refractivity contribution in [2.24, 2.45) is 0 Å². The maximum atomic E-state index is 10.9. The van der Waals surface area contributed by atoms with Gasteiger partial charge in [0, 0.05) is 12.5 Å². The minimum Gasteiger partial charge on any atom is -0.496 e. The number of hydrogen-bond acceptors (Lipinski definition) is 4. The largest absolute Gasteiger partial charge is 0.496 e. The van der Waals surface area contributed by atoms with E-state index in [-0.39, 0.29) is 5.76 Å². The molecule has 0 aliphatic rings. The van der Waals surface area contributed by atoms with E-state index in [4.69, 9.17) is 9.15 Å². The van der Waals surface area contributed by atoms with Gasteiger partial charge in [-0.25, -0.2) is 4.98 Å². The Balaban J connectivity index is 2.65. The van der Waals surface area contributed by atoms with Gasteiger partial charge in [0.05, 0.1) is 7.11 Å². The zero-order valence-corrected chi connectivity index (χ0v) is 9.98. The molecule has 0 radical (unpaired) electrons. The second-order valence-corrected chi connectivity index (χ2v) is 3.77. The number of carbonyl (C=O) groups excluding carboxylic acids is 1. The van der Waals surface area contributed by atoms with Crippen LogP contribution in [0.4, 0.5) is 0 Å². The van der Waals surface area contributed by atoms with Gasteiger partial charge in [-0.05, 0) is 19.1 Å². The summed E-state index contributed by atoms with van der Waals surface area (Å²) in [5.74, 6) is 1.36. The molecule has 4 nitrogen and oxygen atoms in total. The maximum absolute atomic E-state index is 10.9. The van der Waals surface area contributed by atoms with E-state index in [1.807, 2.05) is 25.1 Å². The number of nitrogens with zero attached hydrogens (tertiary/aromatic N) is 1. The predicted molar refractivity (Wildman–Crippen MR) is 63.4 cm³/mol. The number of ether oxygens (including phenoxy) is 1. The van der Waals surface area contributed by atoms with E-state index in [9.17, 15) is 4.79 Å². The third-order valence-corrected chi connectivity index (χ3v) is 2.48. The Bertz CT molecular complexity index is 558. The molecule has 1 heterocycles. The zero-order chi connectivity index (χ0) is 12.4. The molecule has 0 amide bonds. The van der Waals surface area contributed by atoms with E-state index >= 15 is 0 Å². The molecule has 0 aliphatic carbocycles. The topological polar surface area (TPSA) is 52.3 Å². The smallest absolute Gasteiger partial charge is 0.195 e. The normalized spacial score (nSPS) is 10.3. The Kier molecular flexibility index (Phi) is 2.95. The van der Waals surface area contributed by atoms with Crippen molar-refractivity contribution >= 4 is 6.29 Å². The van der Waals surface area contributed by atoms with Crippen molar-refractivity contribution in [3.63, 3.8) is 0 Å². The number of aldehydes is 1. The highest BCUT2D eigenvalue weighted by Gasteiger charge is 2.16. The van der Waals surface area contributed by atoms with Crippen LogP contribution in [0.2, 0.25) is 0 Å². The summed E-state index contributed by atoms with van der Waals surface area (Å²) in [6.07, 6.45) is 0.664. The highest BCUT2D eigenvalue weighted by Crippen LogP contribution is 2.32. The zero-order valence-electron chi connectivity index (χ0n) is 9.98. The van der Waals surface area contributed by atoms with Crippen molar-refractivity contribution in [1.82, 2.24) is 4.98 Å². The third kappa shape index (κ3) is 2.06. The Morgan fingerprint density at radius 1 is 1.35 bits per heavy atom. The first-order chi connectivity index (χ1) is 8.15. The number of methoxy groups -OCH3 is 1. The Hall–Kier alpha value is -2.10. The van der Waals surface area contributed by atoms with E-state index in [0.29, 0.717) is 23.6 Å². The van der Waals surface area contributed by atoms with Crippen molar-refractivity contribution in [3.8, 4) is 17.0 Å². The van der Waals surface area contributed by atoms with Gasteiger partial charge in [0.25, 0.3) is 0 Å². The van der Waals surface area contributed by atoms with Gasteiger partial charge >= 0.3 is 0 Å². The molecule has 1 aromatic carbocycles.